The highest BCUT2D eigenvalue weighted by Gasteiger charge is 2.29. The summed E-state index contributed by atoms with van der Waals surface area (Å²) in [6.07, 6.45) is 0. The highest BCUT2D eigenvalue weighted by molar-refractivity contribution is 6.37. The van der Waals surface area contributed by atoms with E-state index in [0.717, 1.165) is 55.3 Å². The van der Waals surface area contributed by atoms with Gasteiger partial charge in [0.25, 0.3) is 11.8 Å². The molecule has 0 aliphatic carbocycles. The van der Waals surface area contributed by atoms with E-state index in [0.29, 0.717) is 28.1 Å². The first kappa shape index (κ1) is 30.1. The lowest BCUT2D eigenvalue weighted by Gasteiger charge is -2.32. The summed E-state index contributed by atoms with van der Waals surface area (Å²) in [7, 11) is 3.79. The lowest BCUT2D eigenvalue weighted by Crippen LogP contribution is -2.43. The van der Waals surface area contributed by atoms with Gasteiger partial charge < -0.3 is 25.6 Å². The maximum atomic E-state index is 13.5. The molecular weight excluding hydrogens is 562 g/mol. The SMILES string of the molecule is COc1cccc([C@@H](C)NC(=O)c2ccc3c(c2)C(=C(Nc2ccc(CN4CCN(C)CC4)cc2)c2ccccc2)C(=O)N3)c1. The van der Waals surface area contributed by atoms with Crippen LogP contribution in [-0.4, -0.2) is 62.0 Å². The zero-order valence-electron chi connectivity index (χ0n) is 26.0. The Morgan fingerprint density at radius 3 is 2.38 bits per heavy atom. The molecule has 230 valence electrons. The molecule has 4 aromatic rings. The van der Waals surface area contributed by atoms with Crippen molar-refractivity contribution in [1.82, 2.24) is 15.1 Å². The second-order valence-corrected chi connectivity index (χ2v) is 11.7. The van der Waals surface area contributed by atoms with Crippen molar-refractivity contribution in [3.05, 3.63) is 125 Å². The first-order chi connectivity index (χ1) is 21.9. The van der Waals surface area contributed by atoms with Crippen LogP contribution in [0.25, 0.3) is 11.3 Å². The number of ether oxygens (including phenoxy) is 1. The number of carbonyl (C=O) groups excluding carboxylic acids is 2. The minimum atomic E-state index is -0.239. The second-order valence-electron chi connectivity index (χ2n) is 11.7. The van der Waals surface area contributed by atoms with E-state index in [1.807, 2.05) is 61.5 Å². The average molecular weight is 602 g/mol. The van der Waals surface area contributed by atoms with Crippen LogP contribution in [0.5, 0.6) is 5.75 Å². The zero-order chi connectivity index (χ0) is 31.3. The van der Waals surface area contributed by atoms with Crippen molar-refractivity contribution < 1.29 is 14.3 Å². The van der Waals surface area contributed by atoms with E-state index in [1.165, 1.54) is 5.56 Å². The van der Waals surface area contributed by atoms with Gasteiger partial charge in [-0.1, -0.05) is 54.6 Å². The number of rotatable bonds is 9. The molecule has 2 aliphatic rings. The van der Waals surface area contributed by atoms with Gasteiger partial charge in [0, 0.05) is 55.2 Å². The van der Waals surface area contributed by atoms with Gasteiger partial charge in [0.2, 0.25) is 0 Å². The van der Waals surface area contributed by atoms with Gasteiger partial charge in [0.15, 0.2) is 0 Å². The van der Waals surface area contributed by atoms with Crippen LogP contribution in [0.3, 0.4) is 0 Å². The number of anilines is 2. The molecule has 2 amide bonds. The fraction of sp³-hybridized carbons (Fsp3) is 0.243. The second kappa shape index (κ2) is 13.4. The van der Waals surface area contributed by atoms with Crippen molar-refractivity contribution in [2.24, 2.45) is 0 Å². The number of nitrogens with one attached hydrogen (secondary N) is 3. The number of hydrogen-bond donors (Lipinski definition) is 3. The maximum Gasteiger partial charge on any atom is 0.258 e. The molecule has 0 bridgehead atoms. The van der Waals surface area contributed by atoms with E-state index in [4.69, 9.17) is 4.74 Å². The molecule has 2 aliphatic heterocycles. The Bertz CT molecular complexity index is 1710. The molecule has 1 atom stereocenters. The van der Waals surface area contributed by atoms with Crippen LogP contribution < -0.4 is 20.7 Å². The average Bonchev–Trinajstić information content (AvgIpc) is 3.40. The van der Waals surface area contributed by atoms with Gasteiger partial charge >= 0.3 is 0 Å². The summed E-state index contributed by atoms with van der Waals surface area (Å²) < 4.78 is 5.34. The summed E-state index contributed by atoms with van der Waals surface area (Å²) in [5.41, 5.74) is 6.94. The lowest BCUT2D eigenvalue weighted by molar-refractivity contribution is -0.110. The highest BCUT2D eigenvalue weighted by Crippen LogP contribution is 2.38. The standard InChI is InChI=1S/C37H39N5O3/c1-25(28-10-7-11-31(22-28)45-3)38-36(43)29-14-17-33-32(23-29)34(37(44)40-33)35(27-8-5-4-6-9-27)39-30-15-12-26(13-16-30)24-42-20-18-41(2)19-21-42/h4-17,22-23,25,39H,18-21,24H2,1-3H3,(H,38,43)(H,40,44)/t25-/m1/s1. The molecule has 2 heterocycles. The largest absolute Gasteiger partial charge is 0.497 e. The third-order valence-electron chi connectivity index (χ3n) is 8.51. The molecule has 6 rings (SSSR count). The van der Waals surface area contributed by atoms with Crippen LogP contribution >= 0.6 is 0 Å². The molecule has 0 saturated carbocycles. The molecule has 0 radical (unpaired) electrons. The first-order valence-corrected chi connectivity index (χ1v) is 15.3. The molecule has 3 N–H and O–H groups in total. The van der Waals surface area contributed by atoms with Crippen LogP contribution in [0.1, 0.15) is 45.6 Å². The quantitative estimate of drug-likeness (QED) is 0.208. The maximum absolute atomic E-state index is 13.5. The van der Waals surface area contributed by atoms with E-state index in [2.05, 4.69) is 57.1 Å². The Morgan fingerprint density at radius 1 is 0.889 bits per heavy atom. The van der Waals surface area contributed by atoms with Gasteiger partial charge in [-0.15, -0.1) is 0 Å². The van der Waals surface area contributed by atoms with Gasteiger partial charge in [-0.05, 0) is 73.1 Å². The molecule has 0 aromatic heterocycles. The molecule has 8 heteroatoms. The van der Waals surface area contributed by atoms with Gasteiger partial charge in [-0.25, -0.2) is 0 Å². The van der Waals surface area contributed by atoms with E-state index in [9.17, 15) is 9.59 Å². The van der Waals surface area contributed by atoms with Crippen molar-refractivity contribution >= 4 is 34.5 Å². The van der Waals surface area contributed by atoms with Crippen LogP contribution in [0.2, 0.25) is 0 Å². The minimum Gasteiger partial charge on any atom is -0.497 e. The molecule has 1 fully saturated rings. The number of amides is 2. The van der Waals surface area contributed by atoms with E-state index in [1.54, 1.807) is 25.3 Å². The van der Waals surface area contributed by atoms with E-state index in [-0.39, 0.29) is 17.9 Å². The Kier molecular flexibility index (Phi) is 8.96. The third kappa shape index (κ3) is 6.93. The summed E-state index contributed by atoms with van der Waals surface area (Å²) in [5.74, 6) is 0.290. The predicted octanol–water partition coefficient (Wildman–Crippen LogP) is 5.87. The Labute approximate surface area is 264 Å². The number of hydrogen-bond acceptors (Lipinski definition) is 6. The fourth-order valence-corrected chi connectivity index (χ4v) is 5.82. The molecule has 45 heavy (non-hydrogen) atoms. The number of piperazine rings is 1. The van der Waals surface area contributed by atoms with Crippen LogP contribution in [0, 0.1) is 0 Å². The van der Waals surface area contributed by atoms with Gasteiger partial charge in [-0.3, -0.25) is 14.5 Å². The number of carbonyl (C=O) groups is 2. The van der Waals surface area contributed by atoms with Crippen molar-refractivity contribution in [2.75, 3.05) is 51.0 Å². The number of nitrogens with zero attached hydrogens (tertiary/aromatic N) is 2. The fourth-order valence-electron chi connectivity index (χ4n) is 5.82. The van der Waals surface area contributed by atoms with E-state index < -0.39 is 0 Å². The Hall–Kier alpha value is -4.92. The van der Waals surface area contributed by atoms with Crippen LogP contribution in [0.4, 0.5) is 11.4 Å². The van der Waals surface area contributed by atoms with Gasteiger partial charge in [0.1, 0.15) is 5.75 Å². The van der Waals surface area contributed by atoms with E-state index >= 15 is 0 Å². The highest BCUT2D eigenvalue weighted by atomic mass is 16.5. The van der Waals surface area contributed by atoms with Gasteiger partial charge in [-0.2, -0.15) is 0 Å². The van der Waals surface area contributed by atoms with Crippen LogP contribution in [0.15, 0.2) is 97.1 Å². The number of fused-ring (bicyclic) bond motifs is 1. The van der Waals surface area contributed by atoms with Crippen molar-refractivity contribution in [2.45, 2.75) is 19.5 Å². The van der Waals surface area contributed by atoms with Crippen molar-refractivity contribution in [3.63, 3.8) is 0 Å². The molecule has 8 nitrogen and oxygen atoms in total. The zero-order valence-corrected chi connectivity index (χ0v) is 26.0. The van der Waals surface area contributed by atoms with Crippen molar-refractivity contribution in [1.29, 1.82) is 0 Å². The molecule has 0 unspecified atom stereocenters. The summed E-state index contributed by atoms with van der Waals surface area (Å²) >= 11 is 0. The normalized spacial score (nSPS) is 16.8. The smallest absolute Gasteiger partial charge is 0.258 e. The summed E-state index contributed by atoms with van der Waals surface area (Å²) in [6, 6.07) is 31.0. The number of methoxy groups -OCH3 is 1. The number of benzene rings is 4. The third-order valence-corrected chi connectivity index (χ3v) is 8.51. The lowest BCUT2D eigenvalue weighted by atomic mass is 9.98. The first-order valence-electron chi connectivity index (χ1n) is 15.3. The molecule has 0 spiro atoms. The molecule has 4 aromatic carbocycles. The van der Waals surface area contributed by atoms with Crippen molar-refractivity contribution in [3.8, 4) is 5.75 Å². The molecule has 1 saturated heterocycles. The van der Waals surface area contributed by atoms with Gasteiger partial charge in [0.05, 0.1) is 24.4 Å². The minimum absolute atomic E-state index is 0.217. The number of likely N-dealkylation sites (N-methyl/N-ethyl adjacent to an activating group) is 1. The summed E-state index contributed by atoms with van der Waals surface area (Å²) in [5, 5.41) is 9.62. The summed E-state index contributed by atoms with van der Waals surface area (Å²) in [4.78, 5) is 31.8. The monoisotopic (exact) mass is 601 g/mol. The Balaban J connectivity index is 1.28. The predicted molar refractivity (Wildman–Crippen MR) is 180 cm³/mol. The molecular formula is C37H39N5O3. The Morgan fingerprint density at radius 2 is 1.64 bits per heavy atom. The topological polar surface area (TPSA) is 85.9 Å². The summed E-state index contributed by atoms with van der Waals surface area (Å²) in [6.45, 7) is 7.15. The van der Waals surface area contributed by atoms with Crippen LogP contribution in [-0.2, 0) is 11.3 Å².